The molecule has 178 valence electrons. The van der Waals surface area contributed by atoms with Crippen LogP contribution in [-0.2, 0) is 16.1 Å². The maximum absolute atomic E-state index is 12.8. The van der Waals surface area contributed by atoms with Crippen molar-refractivity contribution in [3.63, 3.8) is 0 Å². The van der Waals surface area contributed by atoms with Crippen LogP contribution in [-0.4, -0.2) is 28.6 Å². The van der Waals surface area contributed by atoms with Crippen LogP contribution in [0.1, 0.15) is 22.3 Å². The molecule has 0 bridgehead atoms. The normalized spacial score (nSPS) is 14.5. The Morgan fingerprint density at radius 2 is 1.74 bits per heavy atom. The average Bonchev–Trinajstić information content (AvgIpc) is 3.09. The van der Waals surface area contributed by atoms with E-state index in [0.717, 1.165) is 44.2 Å². The summed E-state index contributed by atoms with van der Waals surface area (Å²) in [6.45, 7) is 4.05. The van der Waals surface area contributed by atoms with Gasteiger partial charge in [-0.05, 0) is 78.7 Å². The van der Waals surface area contributed by atoms with Crippen molar-refractivity contribution in [3.05, 3.63) is 98.4 Å². The van der Waals surface area contributed by atoms with E-state index in [2.05, 4.69) is 21.2 Å². The van der Waals surface area contributed by atoms with E-state index < -0.39 is 0 Å². The van der Waals surface area contributed by atoms with E-state index in [1.807, 2.05) is 56.3 Å². The maximum Gasteiger partial charge on any atom is 0.293 e. The lowest BCUT2D eigenvalue weighted by atomic mass is 10.1. The predicted molar refractivity (Wildman–Crippen MR) is 142 cm³/mol. The molecule has 0 saturated carbocycles. The molecule has 0 unspecified atom stereocenters. The lowest BCUT2D eigenvalue weighted by Gasteiger charge is -2.12. The SMILES string of the molecule is Cc1ccc(NC(=O)COc2ccc(/C=C3\SC(=O)N(Cc4ccc(Br)cc4)C3=O)cc2)c(C)c1. The fourth-order valence-corrected chi connectivity index (χ4v) is 4.61. The molecule has 3 aromatic carbocycles. The molecule has 1 heterocycles. The number of carbonyl (C=O) groups excluding carboxylic acids is 3. The molecule has 3 amide bonds. The second-order valence-corrected chi connectivity index (χ2v) is 10.0. The smallest absolute Gasteiger partial charge is 0.293 e. The average molecular weight is 551 g/mol. The number of nitrogens with one attached hydrogen (secondary N) is 1. The van der Waals surface area contributed by atoms with E-state index in [1.54, 1.807) is 30.3 Å². The molecule has 0 radical (unpaired) electrons. The van der Waals surface area contributed by atoms with E-state index in [-0.39, 0.29) is 30.2 Å². The molecule has 35 heavy (non-hydrogen) atoms. The second-order valence-electron chi connectivity index (χ2n) is 8.12. The molecule has 1 aliphatic heterocycles. The molecule has 0 atom stereocenters. The number of halogens is 1. The Balaban J connectivity index is 1.34. The van der Waals surface area contributed by atoms with Gasteiger partial charge in [0.2, 0.25) is 0 Å². The number of imide groups is 1. The first-order valence-electron chi connectivity index (χ1n) is 10.9. The van der Waals surface area contributed by atoms with Crippen molar-refractivity contribution in [1.29, 1.82) is 0 Å². The van der Waals surface area contributed by atoms with Gasteiger partial charge in [-0.3, -0.25) is 19.3 Å². The van der Waals surface area contributed by atoms with Crippen molar-refractivity contribution in [2.24, 2.45) is 0 Å². The zero-order valence-electron chi connectivity index (χ0n) is 19.2. The van der Waals surface area contributed by atoms with Gasteiger partial charge in [0, 0.05) is 10.2 Å². The molecule has 8 heteroatoms. The summed E-state index contributed by atoms with van der Waals surface area (Å²) in [6, 6.07) is 20.3. The second kappa shape index (κ2) is 10.9. The number of hydrogen-bond acceptors (Lipinski definition) is 5. The Morgan fingerprint density at radius 3 is 2.43 bits per heavy atom. The minimum absolute atomic E-state index is 0.123. The lowest BCUT2D eigenvalue weighted by molar-refractivity contribution is -0.123. The third kappa shape index (κ3) is 6.41. The van der Waals surface area contributed by atoms with Crippen LogP contribution in [0.2, 0.25) is 0 Å². The van der Waals surface area contributed by atoms with Crippen LogP contribution in [0.15, 0.2) is 76.1 Å². The number of nitrogens with zero attached hydrogens (tertiary/aromatic N) is 1. The fraction of sp³-hybridized carbons (Fsp3) is 0.148. The first-order valence-corrected chi connectivity index (χ1v) is 12.5. The summed E-state index contributed by atoms with van der Waals surface area (Å²) in [6.07, 6.45) is 1.68. The molecule has 1 N–H and O–H groups in total. The van der Waals surface area contributed by atoms with Gasteiger partial charge in [0.1, 0.15) is 5.75 Å². The minimum atomic E-state index is -0.314. The van der Waals surface area contributed by atoms with Gasteiger partial charge in [-0.25, -0.2) is 0 Å². The number of carbonyl (C=O) groups is 3. The Bertz CT molecular complexity index is 1300. The highest BCUT2D eigenvalue weighted by atomic mass is 79.9. The van der Waals surface area contributed by atoms with Gasteiger partial charge >= 0.3 is 0 Å². The van der Waals surface area contributed by atoms with Gasteiger partial charge in [-0.2, -0.15) is 0 Å². The predicted octanol–water partition coefficient (Wildman–Crippen LogP) is 6.32. The van der Waals surface area contributed by atoms with Gasteiger partial charge in [-0.15, -0.1) is 0 Å². The summed E-state index contributed by atoms with van der Waals surface area (Å²) >= 11 is 4.30. The Morgan fingerprint density at radius 1 is 1.03 bits per heavy atom. The first kappa shape index (κ1) is 24.8. The Hall–Kier alpha value is -3.36. The van der Waals surface area contributed by atoms with Gasteiger partial charge < -0.3 is 10.1 Å². The van der Waals surface area contributed by atoms with Crippen LogP contribution < -0.4 is 10.1 Å². The first-order chi connectivity index (χ1) is 16.8. The number of hydrogen-bond donors (Lipinski definition) is 1. The third-order valence-electron chi connectivity index (χ3n) is 5.33. The topological polar surface area (TPSA) is 75.7 Å². The quantitative estimate of drug-likeness (QED) is 0.348. The Kier molecular flexibility index (Phi) is 7.73. The lowest BCUT2D eigenvalue weighted by Crippen LogP contribution is -2.27. The molecular formula is C27H23BrN2O4S. The van der Waals surface area contributed by atoms with E-state index in [0.29, 0.717) is 10.7 Å². The van der Waals surface area contributed by atoms with Crippen LogP contribution in [0, 0.1) is 13.8 Å². The number of anilines is 1. The number of amides is 3. The molecule has 0 spiro atoms. The zero-order chi connectivity index (χ0) is 24.9. The van der Waals surface area contributed by atoms with E-state index >= 15 is 0 Å². The third-order valence-corrected chi connectivity index (χ3v) is 6.77. The van der Waals surface area contributed by atoms with Crippen molar-refractivity contribution in [3.8, 4) is 5.75 Å². The maximum atomic E-state index is 12.8. The van der Waals surface area contributed by atoms with Crippen LogP contribution in [0.4, 0.5) is 10.5 Å². The number of aryl methyl sites for hydroxylation is 2. The van der Waals surface area contributed by atoms with E-state index in [1.165, 1.54) is 4.90 Å². The van der Waals surface area contributed by atoms with Crippen LogP contribution in [0.3, 0.4) is 0 Å². The molecule has 6 nitrogen and oxygen atoms in total. The number of ether oxygens (including phenoxy) is 1. The molecule has 0 aromatic heterocycles. The zero-order valence-corrected chi connectivity index (χ0v) is 21.6. The number of thioether (sulfide) groups is 1. The van der Waals surface area contributed by atoms with Gasteiger partial charge in [0.15, 0.2) is 6.61 Å². The molecule has 1 aliphatic rings. The van der Waals surface area contributed by atoms with Crippen LogP contribution >= 0.6 is 27.7 Å². The van der Waals surface area contributed by atoms with Gasteiger partial charge in [0.25, 0.3) is 17.1 Å². The van der Waals surface area contributed by atoms with E-state index in [4.69, 9.17) is 4.74 Å². The van der Waals surface area contributed by atoms with Gasteiger partial charge in [-0.1, -0.05) is 57.9 Å². The summed E-state index contributed by atoms with van der Waals surface area (Å²) in [5, 5.41) is 2.56. The largest absolute Gasteiger partial charge is 0.484 e. The van der Waals surface area contributed by atoms with Crippen LogP contribution in [0.5, 0.6) is 5.75 Å². The van der Waals surface area contributed by atoms with Crippen molar-refractivity contribution in [2.75, 3.05) is 11.9 Å². The van der Waals surface area contributed by atoms with E-state index in [9.17, 15) is 14.4 Å². The fourth-order valence-electron chi connectivity index (χ4n) is 3.51. The highest BCUT2D eigenvalue weighted by Crippen LogP contribution is 2.33. The van der Waals surface area contributed by atoms with Crippen LogP contribution in [0.25, 0.3) is 6.08 Å². The number of rotatable bonds is 7. The summed E-state index contributed by atoms with van der Waals surface area (Å²) in [7, 11) is 0. The Labute approximate surface area is 216 Å². The standard InChI is InChI=1S/C27H23BrN2O4S/c1-17-3-12-23(18(2)13-17)29-25(31)16-34-22-10-6-19(7-11-22)14-24-26(32)30(27(33)35-24)15-20-4-8-21(28)9-5-20/h3-14H,15-16H2,1-2H3,(H,29,31)/b24-14-. The summed E-state index contributed by atoms with van der Waals surface area (Å²) in [5.74, 6) is -0.0342. The molecule has 4 rings (SSSR count). The molecule has 0 aliphatic carbocycles. The highest BCUT2D eigenvalue weighted by molar-refractivity contribution is 9.10. The van der Waals surface area contributed by atoms with Crippen molar-refractivity contribution < 1.29 is 19.1 Å². The number of benzene rings is 3. The van der Waals surface area contributed by atoms with Crippen molar-refractivity contribution in [2.45, 2.75) is 20.4 Å². The summed E-state index contributed by atoms with van der Waals surface area (Å²) < 4.78 is 6.52. The summed E-state index contributed by atoms with van der Waals surface area (Å²) in [4.78, 5) is 39.0. The highest BCUT2D eigenvalue weighted by Gasteiger charge is 2.34. The summed E-state index contributed by atoms with van der Waals surface area (Å²) in [5.41, 5.74) is 4.51. The van der Waals surface area contributed by atoms with Gasteiger partial charge in [0.05, 0.1) is 11.4 Å². The molecule has 1 fully saturated rings. The monoisotopic (exact) mass is 550 g/mol. The molecule has 1 saturated heterocycles. The molecular weight excluding hydrogens is 528 g/mol. The molecule has 3 aromatic rings. The minimum Gasteiger partial charge on any atom is -0.484 e. The van der Waals surface area contributed by atoms with Crippen molar-refractivity contribution >= 4 is 56.5 Å². The van der Waals surface area contributed by atoms with Crippen molar-refractivity contribution in [1.82, 2.24) is 4.90 Å².